The number of ether oxygens (including phenoxy) is 1. The van der Waals surface area contributed by atoms with Gasteiger partial charge in [0, 0.05) is 17.6 Å². The number of benzene rings is 1. The van der Waals surface area contributed by atoms with Crippen LogP contribution in [0.25, 0.3) is 0 Å². The highest BCUT2D eigenvalue weighted by Gasteiger charge is 2.10. The number of rotatable bonds is 5. The number of aryl methyl sites for hydroxylation is 2. The molecule has 1 heterocycles. The molecule has 114 valence electrons. The molecular formula is C18H25NO2. The lowest BCUT2D eigenvalue weighted by Gasteiger charge is -2.19. The summed E-state index contributed by atoms with van der Waals surface area (Å²) in [7, 11) is 0. The van der Waals surface area contributed by atoms with Crippen molar-refractivity contribution in [3.8, 4) is 5.75 Å². The van der Waals surface area contributed by atoms with Crippen LogP contribution in [0, 0.1) is 13.8 Å². The Kier molecular flexibility index (Phi) is 4.73. The van der Waals surface area contributed by atoms with Gasteiger partial charge in [0.2, 0.25) is 0 Å². The molecule has 0 saturated carbocycles. The highest BCUT2D eigenvalue weighted by molar-refractivity contribution is 5.35. The van der Waals surface area contributed by atoms with Gasteiger partial charge < -0.3 is 14.5 Å². The molecule has 0 aliphatic rings. The maximum absolute atomic E-state index is 5.82. The third kappa shape index (κ3) is 4.94. The highest BCUT2D eigenvalue weighted by Crippen LogP contribution is 2.20. The Labute approximate surface area is 127 Å². The molecule has 1 aromatic carbocycles. The van der Waals surface area contributed by atoms with Gasteiger partial charge >= 0.3 is 0 Å². The fourth-order valence-corrected chi connectivity index (χ4v) is 2.07. The summed E-state index contributed by atoms with van der Waals surface area (Å²) >= 11 is 0. The molecule has 2 aromatic rings. The molecule has 1 N–H and O–H groups in total. The monoisotopic (exact) mass is 287 g/mol. The van der Waals surface area contributed by atoms with E-state index in [-0.39, 0.29) is 5.54 Å². The lowest BCUT2D eigenvalue weighted by Crippen LogP contribution is -2.34. The normalized spacial score (nSPS) is 11.7. The second-order valence-corrected chi connectivity index (χ2v) is 6.58. The van der Waals surface area contributed by atoms with Crippen LogP contribution in [0.5, 0.6) is 5.75 Å². The Morgan fingerprint density at radius 1 is 1.14 bits per heavy atom. The van der Waals surface area contributed by atoms with Crippen molar-refractivity contribution in [3.63, 3.8) is 0 Å². The van der Waals surface area contributed by atoms with Crippen molar-refractivity contribution in [1.29, 1.82) is 0 Å². The van der Waals surface area contributed by atoms with E-state index in [0.717, 1.165) is 29.2 Å². The average molecular weight is 287 g/mol. The predicted molar refractivity (Wildman–Crippen MR) is 85.5 cm³/mol. The summed E-state index contributed by atoms with van der Waals surface area (Å²) in [5.74, 6) is 1.76. The second kappa shape index (κ2) is 6.35. The van der Waals surface area contributed by atoms with Crippen LogP contribution in [-0.4, -0.2) is 5.54 Å². The summed E-state index contributed by atoms with van der Waals surface area (Å²) in [6, 6.07) is 8.23. The largest absolute Gasteiger partial charge is 0.485 e. The fourth-order valence-electron chi connectivity index (χ4n) is 2.07. The van der Waals surface area contributed by atoms with Gasteiger partial charge in [-0.05, 0) is 52.3 Å². The number of furan rings is 1. The molecule has 0 spiro atoms. The summed E-state index contributed by atoms with van der Waals surface area (Å²) in [5.41, 5.74) is 3.64. The van der Waals surface area contributed by atoms with Crippen LogP contribution >= 0.6 is 0 Å². The van der Waals surface area contributed by atoms with Gasteiger partial charge in [0.1, 0.15) is 18.1 Å². The molecule has 0 atom stereocenters. The lowest BCUT2D eigenvalue weighted by atomic mass is 10.1. The topological polar surface area (TPSA) is 34.4 Å². The van der Waals surface area contributed by atoms with Gasteiger partial charge in [0.15, 0.2) is 0 Å². The van der Waals surface area contributed by atoms with Gasteiger partial charge in [-0.15, -0.1) is 0 Å². The zero-order valence-corrected chi connectivity index (χ0v) is 13.6. The van der Waals surface area contributed by atoms with Crippen molar-refractivity contribution >= 4 is 0 Å². The average Bonchev–Trinajstić information content (AvgIpc) is 2.82. The van der Waals surface area contributed by atoms with E-state index in [2.05, 4.69) is 52.1 Å². The highest BCUT2D eigenvalue weighted by atomic mass is 16.5. The van der Waals surface area contributed by atoms with Crippen LogP contribution in [0.4, 0.5) is 0 Å². The van der Waals surface area contributed by atoms with Crippen LogP contribution in [-0.2, 0) is 13.2 Å². The van der Waals surface area contributed by atoms with E-state index in [4.69, 9.17) is 9.15 Å². The number of hydrogen-bond donors (Lipinski definition) is 1. The van der Waals surface area contributed by atoms with Gasteiger partial charge in [-0.2, -0.15) is 0 Å². The zero-order chi connectivity index (χ0) is 15.5. The van der Waals surface area contributed by atoms with Crippen LogP contribution in [0.3, 0.4) is 0 Å². The fraction of sp³-hybridized carbons (Fsp3) is 0.444. The molecule has 0 unspecified atom stereocenters. The van der Waals surface area contributed by atoms with Crippen molar-refractivity contribution in [1.82, 2.24) is 5.32 Å². The number of hydrogen-bond acceptors (Lipinski definition) is 3. The molecule has 0 bridgehead atoms. The molecule has 0 aliphatic carbocycles. The molecule has 3 heteroatoms. The Morgan fingerprint density at radius 3 is 2.57 bits per heavy atom. The molecular weight excluding hydrogens is 262 g/mol. The zero-order valence-electron chi connectivity index (χ0n) is 13.6. The minimum atomic E-state index is 0.104. The van der Waals surface area contributed by atoms with E-state index >= 15 is 0 Å². The SMILES string of the molecule is Cc1ccc(OCc2cc(CNC(C)(C)C)co2)c(C)c1. The van der Waals surface area contributed by atoms with E-state index in [9.17, 15) is 0 Å². The van der Waals surface area contributed by atoms with Gasteiger partial charge in [0.25, 0.3) is 0 Å². The van der Waals surface area contributed by atoms with Crippen LogP contribution in [0.1, 0.15) is 43.2 Å². The quantitative estimate of drug-likeness (QED) is 0.887. The van der Waals surface area contributed by atoms with Gasteiger partial charge in [-0.3, -0.25) is 0 Å². The molecule has 0 amide bonds. The van der Waals surface area contributed by atoms with E-state index in [0.29, 0.717) is 6.61 Å². The minimum absolute atomic E-state index is 0.104. The van der Waals surface area contributed by atoms with Crippen molar-refractivity contribution in [2.24, 2.45) is 0 Å². The lowest BCUT2D eigenvalue weighted by molar-refractivity contribution is 0.268. The van der Waals surface area contributed by atoms with Gasteiger partial charge in [-0.25, -0.2) is 0 Å². The first-order chi connectivity index (χ1) is 9.83. The van der Waals surface area contributed by atoms with Crippen LogP contribution < -0.4 is 10.1 Å². The summed E-state index contributed by atoms with van der Waals surface area (Å²) in [4.78, 5) is 0. The Balaban J connectivity index is 1.90. The molecule has 0 aliphatic heterocycles. The van der Waals surface area contributed by atoms with Crippen molar-refractivity contribution in [3.05, 3.63) is 53.0 Å². The third-order valence-electron chi connectivity index (χ3n) is 3.23. The summed E-state index contributed by atoms with van der Waals surface area (Å²) < 4.78 is 11.4. The first kappa shape index (κ1) is 15.6. The molecule has 3 nitrogen and oxygen atoms in total. The first-order valence-electron chi connectivity index (χ1n) is 7.35. The second-order valence-electron chi connectivity index (χ2n) is 6.58. The van der Waals surface area contributed by atoms with Crippen LogP contribution in [0.15, 0.2) is 34.9 Å². The Morgan fingerprint density at radius 2 is 1.90 bits per heavy atom. The molecule has 1 aromatic heterocycles. The maximum atomic E-state index is 5.82. The first-order valence-corrected chi connectivity index (χ1v) is 7.35. The summed E-state index contributed by atoms with van der Waals surface area (Å²) in [5, 5.41) is 3.44. The van der Waals surface area contributed by atoms with Crippen molar-refractivity contribution in [2.75, 3.05) is 0 Å². The molecule has 0 fully saturated rings. The molecule has 0 saturated heterocycles. The van der Waals surface area contributed by atoms with Gasteiger partial charge in [0.05, 0.1) is 6.26 Å². The van der Waals surface area contributed by atoms with E-state index in [1.54, 1.807) is 6.26 Å². The Hall–Kier alpha value is -1.74. The van der Waals surface area contributed by atoms with Crippen molar-refractivity contribution < 1.29 is 9.15 Å². The smallest absolute Gasteiger partial charge is 0.146 e. The molecule has 21 heavy (non-hydrogen) atoms. The standard InChI is InChI=1S/C18H25NO2/c1-13-6-7-17(14(2)8-13)21-12-16-9-15(11-20-16)10-19-18(3,4)5/h6-9,11,19H,10,12H2,1-5H3. The molecule has 0 radical (unpaired) electrons. The predicted octanol–water partition coefficient (Wildman–Crippen LogP) is 4.36. The minimum Gasteiger partial charge on any atom is -0.485 e. The number of nitrogens with one attached hydrogen (secondary N) is 1. The maximum Gasteiger partial charge on any atom is 0.146 e. The van der Waals surface area contributed by atoms with Crippen molar-refractivity contribution in [2.45, 2.75) is 53.3 Å². The third-order valence-corrected chi connectivity index (χ3v) is 3.23. The Bertz CT molecular complexity index is 594. The molecule has 2 rings (SSSR count). The summed E-state index contributed by atoms with van der Waals surface area (Å²) in [6.45, 7) is 11.8. The van der Waals surface area contributed by atoms with E-state index in [1.807, 2.05) is 12.1 Å². The van der Waals surface area contributed by atoms with Crippen LogP contribution in [0.2, 0.25) is 0 Å². The summed E-state index contributed by atoms with van der Waals surface area (Å²) in [6.07, 6.45) is 1.79. The van der Waals surface area contributed by atoms with Gasteiger partial charge in [-0.1, -0.05) is 17.7 Å². The van der Waals surface area contributed by atoms with E-state index in [1.165, 1.54) is 5.56 Å². The van der Waals surface area contributed by atoms with E-state index < -0.39 is 0 Å².